The molecule has 2 aliphatic rings. The monoisotopic (exact) mass is 295 g/mol. The summed E-state index contributed by atoms with van der Waals surface area (Å²) in [4.78, 5) is 12.5. The normalized spacial score (nSPS) is 31.7. The second kappa shape index (κ2) is 4.53. The summed E-state index contributed by atoms with van der Waals surface area (Å²) in [5.74, 6) is 0.998. The van der Waals surface area contributed by atoms with Crippen LogP contribution in [0.25, 0.3) is 0 Å². The van der Waals surface area contributed by atoms with E-state index >= 15 is 0 Å². The molecule has 1 amide bonds. The van der Waals surface area contributed by atoms with Crippen LogP contribution < -0.4 is 5.32 Å². The molecule has 1 fully saturated rings. The lowest BCUT2D eigenvalue weighted by Gasteiger charge is -2.29. The van der Waals surface area contributed by atoms with E-state index in [9.17, 15) is 4.79 Å². The van der Waals surface area contributed by atoms with E-state index in [0.29, 0.717) is 27.6 Å². The Morgan fingerprint density at radius 1 is 1.32 bits per heavy atom. The molecule has 2 bridgehead atoms. The summed E-state index contributed by atoms with van der Waals surface area (Å²) in [5, 5.41) is 3.91. The minimum Gasteiger partial charge on any atom is -0.326 e. The maximum Gasteiger partial charge on any atom is 0.230 e. The van der Waals surface area contributed by atoms with Gasteiger partial charge in [0.2, 0.25) is 5.91 Å². The fourth-order valence-corrected chi connectivity index (χ4v) is 3.50. The van der Waals surface area contributed by atoms with E-state index in [1.807, 2.05) is 6.92 Å². The van der Waals surface area contributed by atoms with Crippen molar-refractivity contribution < 1.29 is 4.79 Å². The Hall–Kier alpha value is -0.990. The van der Waals surface area contributed by atoms with Gasteiger partial charge in [0.15, 0.2) is 0 Å². The van der Waals surface area contributed by atoms with Crippen LogP contribution in [0.3, 0.4) is 0 Å². The maximum absolute atomic E-state index is 12.5. The van der Waals surface area contributed by atoms with Gasteiger partial charge in [0.1, 0.15) is 0 Å². The molecule has 0 aromatic heterocycles. The second-order valence-electron chi connectivity index (χ2n) is 5.69. The molecular weight excluding hydrogens is 281 g/mol. The highest BCUT2D eigenvalue weighted by Crippen LogP contribution is 2.52. The molecule has 100 valence electrons. The Labute approximate surface area is 122 Å². The molecule has 4 heteroatoms. The number of hydrogen-bond acceptors (Lipinski definition) is 1. The van der Waals surface area contributed by atoms with E-state index in [1.165, 1.54) is 0 Å². The highest BCUT2D eigenvalue weighted by molar-refractivity contribution is 6.42. The number of nitrogens with one attached hydrogen (secondary N) is 1. The number of fused-ring (bicyclic) bond motifs is 2. The van der Waals surface area contributed by atoms with Crippen LogP contribution in [-0.4, -0.2) is 5.91 Å². The molecule has 1 saturated carbocycles. The zero-order valence-electron chi connectivity index (χ0n) is 10.6. The Kier molecular flexibility index (Phi) is 3.11. The SMILES string of the molecule is C[C@@]1(C(=O)Nc2ccc(Cl)c(Cl)c2)C[C@H]2C=C[C@H]1C2. The standard InChI is InChI=1S/C15H15Cl2NO/c1-15(8-9-2-3-10(15)6-9)14(19)18-11-4-5-12(16)13(17)7-11/h2-5,7,9-10H,6,8H2,1H3,(H,18,19)/t9-,10-,15+/m0/s1. The van der Waals surface area contributed by atoms with Crippen molar-refractivity contribution in [2.45, 2.75) is 19.8 Å². The van der Waals surface area contributed by atoms with Gasteiger partial charge in [-0.2, -0.15) is 0 Å². The van der Waals surface area contributed by atoms with Crippen molar-refractivity contribution >= 4 is 34.8 Å². The molecule has 1 aromatic carbocycles. The van der Waals surface area contributed by atoms with Crippen LogP contribution in [0, 0.1) is 17.3 Å². The largest absolute Gasteiger partial charge is 0.326 e. The van der Waals surface area contributed by atoms with Crippen molar-refractivity contribution in [3.05, 3.63) is 40.4 Å². The number of hydrogen-bond donors (Lipinski definition) is 1. The van der Waals surface area contributed by atoms with Crippen LogP contribution in [0.1, 0.15) is 19.8 Å². The first-order valence-corrected chi connectivity index (χ1v) is 7.19. The number of carbonyl (C=O) groups is 1. The van der Waals surface area contributed by atoms with E-state index in [0.717, 1.165) is 12.8 Å². The third-order valence-electron chi connectivity index (χ3n) is 4.37. The zero-order chi connectivity index (χ0) is 13.6. The topological polar surface area (TPSA) is 29.1 Å². The molecule has 0 heterocycles. The van der Waals surface area contributed by atoms with Gasteiger partial charge in [-0.3, -0.25) is 4.79 Å². The Morgan fingerprint density at radius 3 is 2.68 bits per heavy atom. The highest BCUT2D eigenvalue weighted by Gasteiger charge is 2.49. The molecule has 19 heavy (non-hydrogen) atoms. The number of anilines is 1. The predicted octanol–water partition coefficient (Wildman–Crippen LogP) is 4.53. The van der Waals surface area contributed by atoms with Gasteiger partial charge in [-0.05, 0) is 42.9 Å². The van der Waals surface area contributed by atoms with Gasteiger partial charge >= 0.3 is 0 Å². The number of rotatable bonds is 2. The van der Waals surface area contributed by atoms with Gasteiger partial charge in [0, 0.05) is 5.69 Å². The molecule has 3 rings (SSSR count). The van der Waals surface area contributed by atoms with Gasteiger partial charge in [0.05, 0.1) is 15.5 Å². The van der Waals surface area contributed by atoms with Crippen LogP contribution in [0.15, 0.2) is 30.4 Å². The predicted molar refractivity (Wildman–Crippen MR) is 78.6 cm³/mol. The average Bonchev–Trinajstić information content (AvgIpc) is 2.94. The van der Waals surface area contributed by atoms with Gasteiger partial charge in [-0.25, -0.2) is 0 Å². The second-order valence-corrected chi connectivity index (χ2v) is 6.51. The number of allylic oxidation sites excluding steroid dienone is 2. The van der Waals surface area contributed by atoms with E-state index in [1.54, 1.807) is 18.2 Å². The smallest absolute Gasteiger partial charge is 0.230 e. The van der Waals surface area contributed by atoms with E-state index in [4.69, 9.17) is 23.2 Å². The first kappa shape index (κ1) is 13.0. The van der Waals surface area contributed by atoms with Gasteiger partial charge < -0.3 is 5.32 Å². The fourth-order valence-electron chi connectivity index (χ4n) is 3.20. The minimum absolute atomic E-state index is 0.0720. The Balaban J connectivity index is 1.78. The molecule has 1 aromatic rings. The third-order valence-corrected chi connectivity index (χ3v) is 5.11. The van der Waals surface area contributed by atoms with E-state index in [2.05, 4.69) is 17.5 Å². The summed E-state index contributed by atoms with van der Waals surface area (Å²) in [6, 6.07) is 5.16. The van der Waals surface area contributed by atoms with Crippen molar-refractivity contribution in [3.8, 4) is 0 Å². The lowest BCUT2D eigenvalue weighted by molar-refractivity contribution is -0.126. The summed E-state index contributed by atoms with van der Waals surface area (Å²) in [7, 11) is 0. The lowest BCUT2D eigenvalue weighted by Crippen LogP contribution is -2.36. The van der Waals surface area contributed by atoms with Gasteiger partial charge in [-0.1, -0.05) is 42.3 Å². The quantitative estimate of drug-likeness (QED) is 0.798. The van der Waals surface area contributed by atoms with Crippen molar-refractivity contribution in [2.75, 3.05) is 5.32 Å². The molecular formula is C15H15Cl2NO. The number of halogens is 2. The van der Waals surface area contributed by atoms with Crippen molar-refractivity contribution in [3.63, 3.8) is 0 Å². The summed E-state index contributed by atoms with van der Waals surface area (Å²) in [6.45, 7) is 2.05. The number of benzene rings is 1. The van der Waals surface area contributed by atoms with Gasteiger partial charge in [-0.15, -0.1) is 0 Å². The zero-order valence-corrected chi connectivity index (χ0v) is 12.1. The molecule has 0 radical (unpaired) electrons. The lowest BCUT2D eigenvalue weighted by atomic mass is 9.77. The third kappa shape index (κ3) is 2.17. The average molecular weight is 296 g/mol. The molecule has 0 saturated heterocycles. The van der Waals surface area contributed by atoms with E-state index < -0.39 is 0 Å². The van der Waals surface area contributed by atoms with Crippen molar-refractivity contribution in [2.24, 2.45) is 17.3 Å². The summed E-state index contributed by atoms with van der Waals surface area (Å²) >= 11 is 11.8. The number of carbonyl (C=O) groups excluding carboxylic acids is 1. The van der Waals surface area contributed by atoms with Crippen LogP contribution >= 0.6 is 23.2 Å². The van der Waals surface area contributed by atoms with Crippen molar-refractivity contribution in [1.82, 2.24) is 0 Å². The minimum atomic E-state index is -0.300. The highest BCUT2D eigenvalue weighted by atomic mass is 35.5. The first-order chi connectivity index (χ1) is 8.99. The van der Waals surface area contributed by atoms with Crippen LogP contribution in [-0.2, 0) is 4.79 Å². The molecule has 2 aliphatic carbocycles. The van der Waals surface area contributed by atoms with Crippen LogP contribution in [0.2, 0.25) is 10.0 Å². The van der Waals surface area contributed by atoms with Crippen molar-refractivity contribution in [1.29, 1.82) is 0 Å². The first-order valence-electron chi connectivity index (χ1n) is 6.44. The Morgan fingerprint density at radius 2 is 2.11 bits per heavy atom. The molecule has 0 spiro atoms. The van der Waals surface area contributed by atoms with Crippen LogP contribution in [0.5, 0.6) is 0 Å². The summed E-state index contributed by atoms with van der Waals surface area (Å²) in [5.41, 5.74) is 0.401. The molecule has 0 aliphatic heterocycles. The van der Waals surface area contributed by atoms with E-state index in [-0.39, 0.29) is 11.3 Å². The van der Waals surface area contributed by atoms with Gasteiger partial charge in [0.25, 0.3) is 0 Å². The molecule has 2 nitrogen and oxygen atoms in total. The van der Waals surface area contributed by atoms with Crippen LogP contribution in [0.4, 0.5) is 5.69 Å². The molecule has 1 N–H and O–H groups in total. The number of amides is 1. The Bertz CT molecular complexity index is 569. The summed E-state index contributed by atoms with van der Waals surface area (Å²) < 4.78 is 0. The summed E-state index contributed by atoms with van der Waals surface area (Å²) in [6.07, 6.45) is 6.45. The molecule has 0 unspecified atom stereocenters. The molecule has 3 atom stereocenters. The maximum atomic E-state index is 12.5. The fraction of sp³-hybridized carbons (Fsp3) is 0.400.